The van der Waals surface area contributed by atoms with Gasteiger partial charge in [-0.05, 0) is 0 Å². The number of carbonyl (C=O) groups is 1. The van der Waals surface area contributed by atoms with Crippen molar-refractivity contribution < 1.29 is 19.4 Å². The van der Waals surface area contributed by atoms with Crippen molar-refractivity contribution in [3.63, 3.8) is 0 Å². The molecule has 0 aliphatic carbocycles. The summed E-state index contributed by atoms with van der Waals surface area (Å²) in [6, 6.07) is 0. The van der Waals surface area contributed by atoms with Gasteiger partial charge in [-0.2, -0.15) is 4.98 Å². The number of hydrogen-bond donors (Lipinski definition) is 3. The number of nitrogens with zero attached hydrogens (tertiary/aromatic N) is 3. The maximum absolute atomic E-state index is 10.3. The summed E-state index contributed by atoms with van der Waals surface area (Å²) in [5.41, 5.74) is 5.49. The van der Waals surface area contributed by atoms with Gasteiger partial charge in [0.2, 0.25) is 5.95 Å². The third-order valence-corrected chi connectivity index (χ3v) is 3.33. The van der Waals surface area contributed by atoms with E-state index in [0.29, 0.717) is 16.8 Å². The van der Waals surface area contributed by atoms with Crippen LogP contribution in [0.4, 0.5) is 11.8 Å². The highest BCUT2D eigenvalue weighted by molar-refractivity contribution is 7.98. The summed E-state index contributed by atoms with van der Waals surface area (Å²) >= 11 is 0.647. The lowest BCUT2D eigenvalue weighted by atomic mass is 10.2. The van der Waals surface area contributed by atoms with Gasteiger partial charge >= 0.3 is 0 Å². The number of aliphatic hydroxyl groups is 1. The first-order valence-corrected chi connectivity index (χ1v) is 6.69. The second-order valence-electron chi connectivity index (χ2n) is 4.15. The molecule has 3 unspecified atom stereocenters. The minimum atomic E-state index is -0.790. The van der Waals surface area contributed by atoms with E-state index in [1.807, 2.05) is 0 Å². The van der Waals surface area contributed by atoms with Gasteiger partial charge in [0.1, 0.15) is 24.8 Å². The summed E-state index contributed by atoms with van der Waals surface area (Å²) in [4.78, 5) is 28.6. The summed E-state index contributed by atoms with van der Waals surface area (Å²) in [7, 11) is 0. The Morgan fingerprint density at radius 1 is 1.71 bits per heavy atom. The molecule has 10 nitrogen and oxygen atoms in total. The zero-order chi connectivity index (χ0) is 15.2. The predicted molar refractivity (Wildman–Crippen MR) is 73.0 cm³/mol. The number of anilines is 2. The van der Waals surface area contributed by atoms with Crippen molar-refractivity contribution in [2.75, 3.05) is 17.7 Å². The van der Waals surface area contributed by atoms with Crippen LogP contribution >= 0.6 is 11.9 Å². The molecule has 2 rings (SSSR count). The first kappa shape index (κ1) is 15.4. The lowest BCUT2D eigenvalue weighted by Crippen LogP contribution is -2.27. The smallest absolute Gasteiger partial charge is 0.293 e. The van der Waals surface area contributed by atoms with Crippen molar-refractivity contribution >= 4 is 30.2 Å². The minimum absolute atomic E-state index is 0.0205. The van der Waals surface area contributed by atoms with Crippen molar-refractivity contribution in [1.29, 1.82) is 0 Å². The van der Waals surface area contributed by atoms with Gasteiger partial charge in [-0.25, -0.2) is 4.98 Å². The number of aliphatic hydroxyl groups excluding tert-OH is 1. The molecule has 0 saturated carbocycles. The molecule has 1 aliphatic heterocycles. The topological polar surface area (TPSA) is 149 Å². The van der Waals surface area contributed by atoms with Crippen molar-refractivity contribution in [1.82, 2.24) is 9.97 Å². The second kappa shape index (κ2) is 7.15. The molecular weight excluding hydrogens is 302 g/mol. The lowest BCUT2D eigenvalue weighted by Gasteiger charge is -2.16. The number of rotatable bonds is 7. The van der Waals surface area contributed by atoms with Crippen molar-refractivity contribution in [3.05, 3.63) is 11.1 Å². The fraction of sp³-hybridized carbons (Fsp3) is 0.500. The van der Waals surface area contributed by atoms with Gasteiger partial charge in [0.25, 0.3) is 6.47 Å². The Bertz CT molecular complexity index is 519. The van der Waals surface area contributed by atoms with Crippen LogP contribution in [0.1, 0.15) is 6.42 Å². The van der Waals surface area contributed by atoms with Crippen LogP contribution in [-0.2, 0) is 14.3 Å². The Kier molecular flexibility index (Phi) is 5.25. The maximum Gasteiger partial charge on any atom is 0.293 e. The lowest BCUT2D eigenvalue weighted by molar-refractivity contribution is -0.133. The predicted octanol–water partition coefficient (Wildman–Crippen LogP) is -0.107. The Labute approximate surface area is 123 Å². The quantitative estimate of drug-likeness (QED) is 0.353. The number of nitroso groups, excluding NO2 is 1. The Hall–Kier alpha value is -1.98. The van der Waals surface area contributed by atoms with Gasteiger partial charge in [0, 0.05) is 11.0 Å². The van der Waals surface area contributed by atoms with Crippen LogP contribution in [0, 0.1) is 4.91 Å². The van der Waals surface area contributed by atoms with E-state index in [0.717, 1.165) is 0 Å². The van der Waals surface area contributed by atoms with E-state index in [9.17, 15) is 14.8 Å². The molecule has 0 bridgehead atoms. The van der Waals surface area contributed by atoms with Gasteiger partial charge in [-0.1, -0.05) is 0 Å². The first-order valence-electron chi connectivity index (χ1n) is 5.91. The molecule has 3 atom stereocenters. The SMILES string of the molecule is Nc1ncc(SN=O)c(NC2CC(O)C(COC=O)O2)n1. The largest absolute Gasteiger partial charge is 0.465 e. The summed E-state index contributed by atoms with van der Waals surface area (Å²) in [6.07, 6.45) is -0.375. The fourth-order valence-corrected chi connectivity index (χ4v) is 2.22. The van der Waals surface area contributed by atoms with Gasteiger partial charge in [0.05, 0.1) is 29.1 Å². The van der Waals surface area contributed by atoms with Gasteiger partial charge in [-0.3, -0.25) is 4.79 Å². The molecular formula is C10H13N5O5S. The number of nitrogens with two attached hydrogens (primary N) is 1. The van der Waals surface area contributed by atoms with E-state index in [1.165, 1.54) is 6.20 Å². The number of hydrogen-bond acceptors (Lipinski definition) is 11. The highest BCUT2D eigenvalue weighted by Crippen LogP contribution is 2.29. The fourth-order valence-electron chi connectivity index (χ4n) is 1.85. The first-order chi connectivity index (χ1) is 10.1. The van der Waals surface area contributed by atoms with Gasteiger partial charge < -0.3 is 25.6 Å². The molecule has 1 saturated heterocycles. The highest BCUT2D eigenvalue weighted by Gasteiger charge is 2.35. The van der Waals surface area contributed by atoms with Crippen LogP contribution < -0.4 is 11.1 Å². The molecule has 114 valence electrons. The average molecular weight is 315 g/mol. The molecule has 0 radical (unpaired) electrons. The molecule has 2 heterocycles. The van der Waals surface area contributed by atoms with E-state index in [2.05, 4.69) is 24.6 Å². The maximum atomic E-state index is 10.3. The van der Waals surface area contributed by atoms with Crippen LogP contribution in [-0.4, -0.2) is 46.6 Å². The standard InChI is InChI=1S/C10H13N5O5S/c11-10-12-2-7(21-15-18)9(14-10)13-8-1-5(17)6(20-8)3-19-4-16/h2,4-6,8,17H,1,3H2,(H3,11,12,13,14). The normalized spacial score (nSPS) is 24.5. The molecule has 1 aliphatic rings. The molecule has 21 heavy (non-hydrogen) atoms. The molecule has 1 fully saturated rings. The van der Waals surface area contributed by atoms with Crippen LogP contribution in [0.3, 0.4) is 0 Å². The summed E-state index contributed by atoms with van der Waals surface area (Å²) in [5.74, 6) is 0.299. The van der Waals surface area contributed by atoms with E-state index in [-0.39, 0.29) is 31.3 Å². The molecule has 4 N–H and O–H groups in total. The number of aromatic nitrogens is 2. The zero-order valence-electron chi connectivity index (χ0n) is 10.7. The monoisotopic (exact) mass is 315 g/mol. The zero-order valence-corrected chi connectivity index (χ0v) is 11.5. The number of nitrogens with one attached hydrogen (secondary N) is 1. The van der Waals surface area contributed by atoms with Crippen LogP contribution in [0.5, 0.6) is 0 Å². The van der Waals surface area contributed by atoms with Gasteiger partial charge in [0.15, 0.2) is 0 Å². The number of ether oxygens (including phenoxy) is 2. The van der Waals surface area contributed by atoms with E-state index < -0.39 is 18.4 Å². The molecule has 1 aromatic rings. The summed E-state index contributed by atoms with van der Waals surface area (Å²) in [5, 5.41) is 12.7. The Balaban J connectivity index is 2.03. The minimum Gasteiger partial charge on any atom is -0.465 e. The van der Waals surface area contributed by atoms with Crippen molar-refractivity contribution in [2.45, 2.75) is 29.8 Å². The van der Waals surface area contributed by atoms with Crippen LogP contribution in [0.15, 0.2) is 15.7 Å². The molecule has 0 amide bonds. The van der Waals surface area contributed by atoms with E-state index in [1.54, 1.807) is 0 Å². The highest BCUT2D eigenvalue weighted by atomic mass is 32.2. The van der Waals surface area contributed by atoms with E-state index >= 15 is 0 Å². The van der Waals surface area contributed by atoms with Crippen LogP contribution in [0.2, 0.25) is 0 Å². The van der Waals surface area contributed by atoms with Crippen molar-refractivity contribution in [2.24, 2.45) is 4.58 Å². The Morgan fingerprint density at radius 2 is 2.52 bits per heavy atom. The third-order valence-electron chi connectivity index (χ3n) is 2.76. The van der Waals surface area contributed by atoms with Crippen LogP contribution in [0.25, 0.3) is 0 Å². The summed E-state index contributed by atoms with van der Waals surface area (Å²) < 4.78 is 12.8. The molecule has 0 spiro atoms. The van der Waals surface area contributed by atoms with Crippen molar-refractivity contribution in [3.8, 4) is 0 Å². The number of carbonyl (C=O) groups excluding carboxylic acids is 1. The average Bonchev–Trinajstić information content (AvgIpc) is 2.79. The molecule has 11 heteroatoms. The van der Waals surface area contributed by atoms with Gasteiger partial charge in [-0.15, -0.1) is 4.91 Å². The number of nitrogen functional groups attached to an aromatic ring is 1. The van der Waals surface area contributed by atoms with E-state index in [4.69, 9.17) is 10.5 Å². The molecule has 1 aromatic heterocycles. The summed E-state index contributed by atoms with van der Waals surface area (Å²) in [6.45, 7) is 0.235. The second-order valence-corrected chi connectivity index (χ2v) is 4.92. The Morgan fingerprint density at radius 3 is 3.24 bits per heavy atom. The third kappa shape index (κ3) is 4.00. The molecule has 0 aromatic carbocycles.